The lowest BCUT2D eigenvalue weighted by atomic mass is 9.86. The number of anilines is 2. The third kappa shape index (κ3) is 2.40. The molecule has 8 heteroatoms. The highest BCUT2D eigenvalue weighted by atomic mass is 32.2. The predicted molar refractivity (Wildman–Crippen MR) is 109 cm³/mol. The molecule has 1 aliphatic carbocycles. The van der Waals surface area contributed by atoms with Gasteiger partial charge in [0.25, 0.3) is 0 Å². The van der Waals surface area contributed by atoms with Gasteiger partial charge < -0.3 is 5.32 Å². The zero-order valence-electron chi connectivity index (χ0n) is 15.7. The van der Waals surface area contributed by atoms with E-state index in [2.05, 4.69) is 20.3 Å². The van der Waals surface area contributed by atoms with Crippen molar-refractivity contribution in [1.82, 2.24) is 15.0 Å². The lowest BCUT2D eigenvalue weighted by Crippen LogP contribution is -2.53. The van der Waals surface area contributed by atoms with Crippen molar-refractivity contribution in [1.29, 1.82) is 0 Å². The number of fused-ring (bicyclic) bond motifs is 2. The minimum absolute atomic E-state index is 0.0987. The Hall–Kier alpha value is -2.74. The predicted octanol–water partition coefficient (Wildman–Crippen LogP) is 3.05. The van der Waals surface area contributed by atoms with Crippen LogP contribution in [0.15, 0.2) is 48.8 Å². The van der Waals surface area contributed by atoms with Gasteiger partial charge in [-0.3, -0.25) is 0 Å². The van der Waals surface area contributed by atoms with Gasteiger partial charge in [0.15, 0.2) is 0 Å². The zero-order valence-corrected chi connectivity index (χ0v) is 16.5. The lowest BCUT2D eigenvalue weighted by Gasteiger charge is -2.41. The first-order valence-corrected chi connectivity index (χ1v) is 10.8. The van der Waals surface area contributed by atoms with E-state index < -0.39 is 14.8 Å². The molecular formula is C20H21N5O2S. The molecule has 1 saturated carbocycles. The standard InChI is InChI=1S/C20H21N5O2S/c1-20(2)16-7-5-9-21-18(16)25(28(20,26)27)15-10-14(11-15)23-19-22-12-13-6-3-4-8-17(13)24-19/h3-9,12,14-15H,10-11H2,1-2H3,(H,22,23,24). The van der Waals surface area contributed by atoms with Gasteiger partial charge in [0.05, 0.1) is 11.6 Å². The molecule has 0 saturated heterocycles. The molecule has 0 radical (unpaired) electrons. The Bertz CT molecular complexity index is 1170. The molecule has 1 fully saturated rings. The Kier molecular flexibility index (Phi) is 3.64. The Morgan fingerprint density at radius 2 is 1.89 bits per heavy atom. The molecule has 144 valence electrons. The highest BCUT2D eigenvalue weighted by Crippen LogP contribution is 2.49. The fraction of sp³-hybridized carbons (Fsp3) is 0.350. The zero-order chi connectivity index (χ0) is 19.5. The number of sulfonamides is 1. The Balaban J connectivity index is 1.35. The van der Waals surface area contributed by atoms with Gasteiger partial charge in [0.1, 0.15) is 10.6 Å². The van der Waals surface area contributed by atoms with Crippen LogP contribution in [0.5, 0.6) is 0 Å². The molecule has 0 unspecified atom stereocenters. The molecule has 1 aromatic carbocycles. The summed E-state index contributed by atoms with van der Waals surface area (Å²) in [4.78, 5) is 13.3. The minimum atomic E-state index is -3.50. The molecule has 7 nitrogen and oxygen atoms in total. The van der Waals surface area contributed by atoms with Crippen LogP contribution in [0, 0.1) is 0 Å². The number of nitrogens with one attached hydrogen (secondary N) is 1. The SMILES string of the molecule is CC1(C)c2cccnc2N(C2CC(Nc3ncc4ccccc4n3)C2)S1(=O)=O. The summed E-state index contributed by atoms with van der Waals surface area (Å²) in [6.07, 6.45) is 4.84. The quantitative estimate of drug-likeness (QED) is 0.733. The van der Waals surface area contributed by atoms with Crippen LogP contribution in [0.4, 0.5) is 11.8 Å². The number of aromatic nitrogens is 3. The molecule has 3 heterocycles. The van der Waals surface area contributed by atoms with Gasteiger partial charge in [-0.1, -0.05) is 24.3 Å². The van der Waals surface area contributed by atoms with Crippen LogP contribution >= 0.6 is 0 Å². The molecular weight excluding hydrogens is 374 g/mol. The highest BCUT2D eigenvalue weighted by Gasteiger charge is 2.54. The molecule has 3 aromatic rings. The second-order valence-electron chi connectivity index (χ2n) is 7.90. The first-order valence-electron chi connectivity index (χ1n) is 9.36. The molecule has 28 heavy (non-hydrogen) atoms. The van der Waals surface area contributed by atoms with Crippen LogP contribution in [-0.2, 0) is 14.8 Å². The number of pyridine rings is 1. The van der Waals surface area contributed by atoms with Crippen molar-refractivity contribution in [3.05, 3.63) is 54.4 Å². The van der Waals surface area contributed by atoms with E-state index in [0.29, 0.717) is 24.6 Å². The van der Waals surface area contributed by atoms with Gasteiger partial charge in [-0.05, 0) is 38.8 Å². The first kappa shape index (κ1) is 17.4. The van der Waals surface area contributed by atoms with Crippen molar-refractivity contribution >= 4 is 32.7 Å². The molecule has 1 aliphatic heterocycles. The minimum Gasteiger partial charge on any atom is -0.351 e. The summed E-state index contributed by atoms with van der Waals surface area (Å²) < 4.78 is 26.9. The molecule has 0 amide bonds. The largest absolute Gasteiger partial charge is 0.351 e. The molecule has 2 aliphatic rings. The van der Waals surface area contributed by atoms with Crippen molar-refractivity contribution in [2.24, 2.45) is 0 Å². The van der Waals surface area contributed by atoms with E-state index in [1.807, 2.05) is 30.3 Å². The number of para-hydroxylation sites is 1. The van der Waals surface area contributed by atoms with Crippen LogP contribution in [-0.4, -0.2) is 35.5 Å². The topological polar surface area (TPSA) is 88.1 Å². The number of hydrogen-bond acceptors (Lipinski definition) is 6. The summed E-state index contributed by atoms with van der Waals surface area (Å²) in [5.41, 5.74) is 1.65. The average molecular weight is 395 g/mol. The van der Waals surface area contributed by atoms with Gasteiger partial charge in [-0.15, -0.1) is 0 Å². The van der Waals surface area contributed by atoms with Gasteiger partial charge in [0, 0.05) is 29.4 Å². The third-order valence-electron chi connectivity index (χ3n) is 5.81. The summed E-state index contributed by atoms with van der Waals surface area (Å²) in [7, 11) is -3.50. The first-order chi connectivity index (χ1) is 13.4. The average Bonchev–Trinajstić information content (AvgIpc) is 2.81. The smallest absolute Gasteiger partial charge is 0.246 e. The summed E-state index contributed by atoms with van der Waals surface area (Å²) >= 11 is 0. The van der Waals surface area contributed by atoms with E-state index in [1.165, 1.54) is 4.31 Å². The maximum absolute atomic E-state index is 13.2. The Morgan fingerprint density at radius 3 is 2.71 bits per heavy atom. The Labute approximate surface area is 163 Å². The molecule has 2 aromatic heterocycles. The van der Waals surface area contributed by atoms with Gasteiger partial charge in [-0.2, -0.15) is 0 Å². The van der Waals surface area contributed by atoms with Crippen molar-refractivity contribution in [2.45, 2.75) is 43.5 Å². The fourth-order valence-electron chi connectivity index (χ4n) is 4.03. The summed E-state index contributed by atoms with van der Waals surface area (Å²) in [5.74, 6) is 1.14. The maximum atomic E-state index is 13.2. The Morgan fingerprint density at radius 1 is 1.11 bits per heavy atom. The number of nitrogens with zero attached hydrogens (tertiary/aromatic N) is 4. The normalized spacial score (nSPS) is 24.6. The number of hydrogen-bond donors (Lipinski definition) is 1. The summed E-state index contributed by atoms with van der Waals surface area (Å²) in [5, 5.41) is 4.33. The van der Waals surface area contributed by atoms with E-state index >= 15 is 0 Å². The van der Waals surface area contributed by atoms with Gasteiger partial charge in [0.2, 0.25) is 16.0 Å². The second kappa shape index (κ2) is 5.88. The molecule has 0 bridgehead atoms. The van der Waals surface area contributed by atoms with Crippen molar-refractivity contribution in [2.75, 3.05) is 9.62 Å². The number of rotatable bonds is 3. The van der Waals surface area contributed by atoms with Crippen molar-refractivity contribution in [3.8, 4) is 0 Å². The van der Waals surface area contributed by atoms with Crippen LogP contribution in [0.25, 0.3) is 10.9 Å². The molecule has 5 rings (SSSR count). The molecule has 0 spiro atoms. The van der Waals surface area contributed by atoms with Crippen LogP contribution in [0.3, 0.4) is 0 Å². The van der Waals surface area contributed by atoms with E-state index in [4.69, 9.17) is 0 Å². The maximum Gasteiger partial charge on any atom is 0.246 e. The van der Waals surface area contributed by atoms with E-state index in [9.17, 15) is 8.42 Å². The van der Waals surface area contributed by atoms with Crippen molar-refractivity contribution in [3.63, 3.8) is 0 Å². The number of benzene rings is 1. The highest BCUT2D eigenvalue weighted by molar-refractivity contribution is 7.94. The van der Waals surface area contributed by atoms with Crippen LogP contribution in [0.1, 0.15) is 32.3 Å². The monoisotopic (exact) mass is 395 g/mol. The summed E-state index contributed by atoms with van der Waals surface area (Å²) in [6, 6.07) is 11.5. The third-order valence-corrected chi connectivity index (χ3v) is 8.31. The fourth-order valence-corrected chi connectivity index (χ4v) is 5.90. The van der Waals surface area contributed by atoms with Crippen LogP contribution in [0.2, 0.25) is 0 Å². The summed E-state index contributed by atoms with van der Waals surface area (Å²) in [6.45, 7) is 3.50. The molecule has 0 atom stereocenters. The van der Waals surface area contributed by atoms with E-state index in [0.717, 1.165) is 16.5 Å². The lowest BCUT2D eigenvalue weighted by molar-refractivity contribution is 0.371. The molecule has 1 N–H and O–H groups in total. The van der Waals surface area contributed by atoms with E-state index in [-0.39, 0.29) is 12.1 Å². The van der Waals surface area contributed by atoms with Crippen LogP contribution < -0.4 is 9.62 Å². The second-order valence-corrected chi connectivity index (χ2v) is 10.3. The van der Waals surface area contributed by atoms with Crippen molar-refractivity contribution < 1.29 is 8.42 Å². The van der Waals surface area contributed by atoms with Gasteiger partial charge in [-0.25, -0.2) is 27.7 Å². The van der Waals surface area contributed by atoms with Gasteiger partial charge >= 0.3 is 0 Å². The van der Waals surface area contributed by atoms with E-state index in [1.54, 1.807) is 32.3 Å².